The lowest BCUT2D eigenvalue weighted by Gasteiger charge is -2.34. The van der Waals surface area contributed by atoms with E-state index in [2.05, 4.69) is 14.9 Å². The highest BCUT2D eigenvalue weighted by molar-refractivity contribution is 7.92. The van der Waals surface area contributed by atoms with Crippen molar-refractivity contribution in [2.24, 2.45) is 5.73 Å². The van der Waals surface area contributed by atoms with Crippen LogP contribution in [0.2, 0.25) is 0 Å². The van der Waals surface area contributed by atoms with Crippen molar-refractivity contribution in [3.05, 3.63) is 59.4 Å². The smallest absolute Gasteiger partial charge is 0.261 e. The van der Waals surface area contributed by atoms with Crippen LogP contribution < -0.4 is 10.5 Å². The standard InChI is InChI=1S/C20H22N4O3S/c1-13-5-3-6-15(11-13)24-28(25,26)16-8-7-14(2)17(12-16)18-22-19(23-27-18)20(21)9-4-10-20/h3,5-8,11-12,24H,4,9-10,21H2,1-2H3. The minimum absolute atomic E-state index is 0.125. The second-order valence-electron chi connectivity index (χ2n) is 7.38. The highest BCUT2D eigenvalue weighted by Gasteiger charge is 2.39. The molecule has 1 heterocycles. The van der Waals surface area contributed by atoms with Gasteiger partial charge in [0.1, 0.15) is 0 Å². The number of hydrogen-bond donors (Lipinski definition) is 2. The molecule has 2 aromatic carbocycles. The summed E-state index contributed by atoms with van der Waals surface area (Å²) in [6.45, 7) is 3.77. The normalized spacial score (nSPS) is 15.8. The van der Waals surface area contributed by atoms with Crippen molar-refractivity contribution in [1.29, 1.82) is 0 Å². The quantitative estimate of drug-likeness (QED) is 0.680. The van der Waals surface area contributed by atoms with E-state index in [0.717, 1.165) is 30.4 Å². The largest absolute Gasteiger partial charge is 0.334 e. The number of aromatic nitrogens is 2. The summed E-state index contributed by atoms with van der Waals surface area (Å²) in [4.78, 5) is 4.56. The average molecular weight is 398 g/mol. The fourth-order valence-electron chi connectivity index (χ4n) is 3.24. The lowest BCUT2D eigenvalue weighted by atomic mass is 9.77. The Morgan fingerprint density at radius 1 is 1.14 bits per heavy atom. The van der Waals surface area contributed by atoms with Crippen molar-refractivity contribution in [3.63, 3.8) is 0 Å². The fourth-order valence-corrected chi connectivity index (χ4v) is 4.31. The van der Waals surface area contributed by atoms with Gasteiger partial charge in [-0.05, 0) is 68.5 Å². The van der Waals surface area contributed by atoms with E-state index in [1.54, 1.807) is 36.4 Å². The fraction of sp³-hybridized carbons (Fsp3) is 0.300. The van der Waals surface area contributed by atoms with Crippen LogP contribution in [0.5, 0.6) is 0 Å². The Hall–Kier alpha value is -2.71. The Labute approximate surface area is 164 Å². The molecule has 3 N–H and O–H groups in total. The molecule has 0 saturated heterocycles. The van der Waals surface area contributed by atoms with E-state index < -0.39 is 15.6 Å². The van der Waals surface area contributed by atoms with Gasteiger partial charge in [0.05, 0.1) is 10.4 Å². The zero-order valence-corrected chi connectivity index (χ0v) is 16.6. The van der Waals surface area contributed by atoms with Crippen molar-refractivity contribution in [1.82, 2.24) is 10.1 Å². The Bertz CT molecular complexity index is 1130. The molecule has 146 valence electrons. The summed E-state index contributed by atoms with van der Waals surface area (Å²) in [5.74, 6) is 0.746. The number of rotatable bonds is 5. The molecule has 7 nitrogen and oxygen atoms in total. The maximum Gasteiger partial charge on any atom is 0.261 e. The molecule has 0 radical (unpaired) electrons. The van der Waals surface area contributed by atoms with Crippen LogP contribution in [0.1, 0.15) is 36.2 Å². The molecule has 3 aromatic rings. The Balaban J connectivity index is 1.67. The Morgan fingerprint density at radius 2 is 1.93 bits per heavy atom. The summed E-state index contributed by atoms with van der Waals surface area (Å²) in [6, 6.07) is 12.0. The molecule has 1 aromatic heterocycles. The van der Waals surface area contributed by atoms with Crippen LogP contribution in [0.4, 0.5) is 5.69 Å². The zero-order chi connectivity index (χ0) is 19.9. The predicted molar refractivity (Wildman–Crippen MR) is 106 cm³/mol. The van der Waals surface area contributed by atoms with Crippen LogP contribution in [0.3, 0.4) is 0 Å². The summed E-state index contributed by atoms with van der Waals surface area (Å²) in [5, 5.41) is 4.02. The van der Waals surface area contributed by atoms with Crippen LogP contribution in [-0.4, -0.2) is 18.6 Å². The summed E-state index contributed by atoms with van der Waals surface area (Å²) in [6.07, 6.45) is 2.68. The molecule has 1 aliphatic rings. The number of sulfonamides is 1. The molecule has 28 heavy (non-hydrogen) atoms. The van der Waals surface area contributed by atoms with Gasteiger partial charge in [-0.2, -0.15) is 4.98 Å². The van der Waals surface area contributed by atoms with Gasteiger partial charge < -0.3 is 10.3 Å². The highest BCUT2D eigenvalue weighted by atomic mass is 32.2. The maximum atomic E-state index is 12.8. The lowest BCUT2D eigenvalue weighted by molar-refractivity contribution is 0.229. The number of hydrogen-bond acceptors (Lipinski definition) is 6. The average Bonchev–Trinajstić information content (AvgIpc) is 3.09. The Morgan fingerprint density at radius 3 is 2.61 bits per heavy atom. The monoisotopic (exact) mass is 398 g/mol. The third-order valence-corrected chi connectivity index (χ3v) is 6.52. The SMILES string of the molecule is Cc1cccc(NS(=O)(=O)c2ccc(C)c(-c3nc(C4(N)CCC4)no3)c2)c1. The zero-order valence-electron chi connectivity index (χ0n) is 15.8. The van der Waals surface area contributed by atoms with Crippen molar-refractivity contribution < 1.29 is 12.9 Å². The van der Waals surface area contributed by atoms with Gasteiger partial charge in [-0.25, -0.2) is 8.42 Å². The molecular weight excluding hydrogens is 376 g/mol. The van der Waals surface area contributed by atoms with E-state index in [-0.39, 0.29) is 10.8 Å². The van der Waals surface area contributed by atoms with E-state index in [9.17, 15) is 8.42 Å². The minimum Gasteiger partial charge on any atom is -0.334 e. The molecule has 0 atom stereocenters. The first-order chi connectivity index (χ1) is 13.3. The molecule has 0 aliphatic heterocycles. The first-order valence-electron chi connectivity index (χ1n) is 9.10. The summed E-state index contributed by atoms with van der Waals surface area (Å²) in [5.41, 5.74) is 8.62. The second-order valence-corrected chi connectivity index (χ2v) is 9.07. The van der Waals surface area contributed by atoms with Gasteiger partial charge in [0.15, 0.2) is 5.82 Å². The molecule has 1 saturated carbocycles. The number of nitrogens with one attached hydrogen (secondary N) is 1. The molecule has 4 rings (SSSR count). The number of benzene rings is 2. The van der Waals surface area contributed by atoms with E-state index >= 15 is 0 Å². The third-order valence-electron chi connectivity index (χ3n) is 5.14. The topological polar surface area (TPSA) is 111 Å². The minimum atomic E-state index is -3.76. The van der Waals surface area contributed by atoms with Crippen LogP contribution in [0, 0.1) is 13.8 Å². The van der Waals surface area contributed by atoms with Gasteiger partial charge >= 0.3 is 0 Å². The molecule has 0 spiro atoms. The lowest BCUT2D eigenvalue weighted by Crippen LogP contribution is -2.44. The molecule has 8 heteroatoms. The first-order valence-corrected chi connectivity index (χ1v) is 10.6. The van der Waals surface area contributed by atoms with Gasteiger partial charge in [-0.15, -0.1) is 0 Å². The predicted octanol–water partition coefficient (Wildman–Crippen LogP) is 3.49. The molecular formula is C20H22N4O3S. The summed E-state index contributed by atoms with van der Waals surface area (Å²) in [7, 11) is -3.76. The Kier molecular flexibility index (Phi) is 4.47. The van der Waals surface area contributed by atoms with Gasteiger partial charge in [0, 0.05) is 11.3 Å². The molecule has 0 unspecified atom stereocenters. The molecule has 0 amide bonds. The van der Waals surface area contributed by atoms with Crippen molar-refractivity contribution in [3.8, 4) is 11.5 Å². The maximum absolute atomic E-state index is 12.8. The van der Waals surface area contributed by atoms with E-state index in [1.165, 1.54) is 0 Å². The molecule has 1 fully saturated rings. The first kappa shape index (κ1) is 18.6. The number of nitrogens with two attached hydrogens (primary N) is 1. The number of aryl methyl sites for hydroxylation is 2. The van der Waals surface area contributed by atoms with Crippen molar-refractivity contribution in [2.45, 2.75) is 43.5 Å². The second kappa shape index (κ2) is 6.72. The van der Waals surface area contributed by atoms with Crippen LogP contribution in [0.25, 0.3) is 11.5 Å². The van der Waals surface area contributed by atoms with Crippen molar-refractivity contribution >= 4 is 15.7 Å². The summed E-state index contributed by atoms with van der Waals surface area (Å²) < 4.78 is 33.7. The van der Waals surface area contributed by atoms with Crippen LogP contribution >= 0.6 is 0 Å². The van der Waals surface area contributed by atoms with E-state index in [1.807, 2.05) is 19.9 Å². The van der Waals surface area contributed by atoms with Crippen LogP contribution in [-0.2, 0) is 15.6 Å². The van der Waals surface area contributed by atoms with Gasteiger partial charge in [-0.3, -0.25) is 4.72 Å². The van der Waals surface area contributed by atoms with Crippen LogP contribution in [0.15, 0.2) is 51.9 Å². The summed E-state index contributed by atoms with van der Waals surface area (Å²) >= 11 is 0. The number of nitrogens with zero attached hydrogens (tertiary/aromatic N) is 2. The van der Waals surface area contributed by atoms with Crippen molar-refractivity contribution in [2.75, 3.05) is 4.72 Å². The third kappa shape index (κ3) is 3.41. The number of anilines is 1. The van der Waals surface area contributed by atoms with Gasteiger partial charge in [0.2, 0.25) is 0 Å². The van der Waals surface area contributed by atoms with E-state index in [4.69, 9.17) is 10.3 Å². The molecule has 0 bridgehead atoms. The highest BCUT2D eigenvalue weighted by Crippen LogP contribution is 2.38. The van der Waals surface area contributed by atoms with E-state index in [0.29, 0.717) is 17.1 Å². The molecule has 1 aliphatic carbocycles. The van der Waals surface area contributed by atoms with Gasteiger partial charge in [0.25, 0.3) is 15.9 Å². The van der Waals surface area contributed by atoms with Gasteiger partial charge in [-0.1, -0.05) is 23.4 Å².